The fourth-order valence-electron chi connectivity index (χ4n) is 3.08. The second-order valence-electron chi connectivity index (χ2n) is 5.88. The van der Waals surface area contributed by atoms with E-state index in [0.29, 0.717) is 6.54 Å². The Balaban J connectivity index is 1.69. The zero-order chi connectivity index (χ0) is 13.7. The van der Waals surface area contributed by atoms with Crippen LogP contribution in [0.1, 0.15) is 19.3 Å². The van der Waals surface area contributed by atoms with Gasteiger partial charge in [0.2, 0.25) is 5.91 Å². The molecule has 0 aromatic carbocycles. The molecule has 0 saturated carbocycles. The van der Waals surface area contributed by atoms with Crippen molar-refractivity contribution in [2.24, 2.45) is 0 Å². The first kappa shape index (κ1) is 14.8. The Morgan fingerprint density at radius 3 is 2.42 bits per heavy atom. The molecule has 19 heavy (non-hydrogen) atoms. The molecule has 0 bridgehead atoms. The lowest BCUT2D eigenvalue weighted by Crippen LogP contribution is -2.53. The first-order valence-corrected chi connectivity index (χ1v) is 7.54. The number of carbonyl (C=O) groups excluding carboxylic acids is 1. The normalized spacial score (nSPS) is 27.4. The summed E-state index contributed by atoms with van der Waals surface area (Å²) in [4.78, 5) is 18.7. The number of nitrogens with zero attached hydrogens (tertiary/aromatic N) is 3. The topological polar surface area (TPSA) is 38.8 Å². The molecule has 1 N–H and O–H groups in total. The van der Waals surface area contributed by atoms with Gasteiger partial charge in [0.15, 0.2) is 0 Å². The largest absolute Gasteiger partial charge is 0.358 e. The van der Waals surface area contributed by atoms with Crippen molar-refractivity contribution >= 4 is 5.91 Å². The average molecular weight is 268 g/mol. The summed E-state index contributed by atoms with van der Waals surface area (Å²) in [6, 6.07) is 0.735. The fraction of sp³-hybridized carbons (Fsp3) is 0.929. The van der Waals surface area contributed by atoms with Crippen LogP contribution in [0.2, 0.25) is 0 Å². The second kappa shape index (κ2) is 7.22. The van der Waals surface area contributed by atoms with Crippen molar-refractivity contribution in [3.8, 4) is 0 Å². The zero-order valence-corrected chi connectivity index (χ0v) is 12.4. The van der Waals surface area contributed by atoms with Gasteiger partial charge in [0, 0.05) is 45.8 Å². The van der Waals surface area contributed by atoms with Gasteiger partial charge < -0.3 is 10.2 Å². The number of piperidine rings is 1. The number of likely N-dealkylation sites (tertiary alicyclic amines) is 1. The van der Waals surface area contributed by atoms with Gasteiger partial charge in [0.25, 0.3) is 0 Å². The molecule has 110 valence electrons. The van der Waals surface area contributed by atoms with E-state index in [4.69, 9.17) is 0 Å². The molecule has 0 spiro atoms. The molecule has 1 unspecified atom stereocenters. The summed E-state index contributed by atoms with van der Waals surface area (Å²) in [6.07, 6.45) is 4.08. The third-order valence-corrected chi connectivity index (χ3v) is 4.50. The van der Waals surface area contributed by atoms with Gasteiger partial charge in [-0.15, -0.1) is 0 Å². The van der Waals surface area contributed by atoms with E-state index in [1.54, 1.807) is 7.05 Å². The number of amides is 1. The van der Waals surface area contributed by atoms with Gasteiger partial charge >= 0.3 is 0 Å². The number of hydrogen-bond donors (Lipinski definition) is 1. The number of nitrogens with one attached hydrogen (secondary N) is 1. The van der Waals surface area contributed by atoms with E-state index in [1.165, 1.54) is 32.4 Å². The van der Waals surface area contributed by atoms with Crippen molar-refractivity contribution in [1.29, 1.82) is 0 Å². The molecule has 2 heterocycles. The SMILES string of the molecule is CNC(=O)CN1CCN(CC2CCCCN2C)CC1. The Labute approximate surface area is 116 Å². The van der Waals surface area contributed by atoms with Crippen LogP contribution in [0, 0.1) is 0 Å². The first-order valence-electron chi connectivity index (χ1n) is 7.54. The summed E-state index contributed by atoms with van der Waals surface area (Å²) >= 11 is 0. The maximum atomic E-state index is 11.3. The van der Waals surface area contributed by atoms with Crippen LogP contribution in [-0.4, -0.2) is 86.6 Å². The highest BCUT2D eigenvalue weighted by atomic mass is 16.1. The summed E-state index contributed by atoms with van der Waals surface area (Å²) in [5, 5.41) is 2.69. The highest BCUT2D eigenvalue weighted by Crippen LogP contribution is 2.16. The molecule has 5 nitrogen and oxygen atoms in total. The summed E-state index contributed by atoms with van der Waals surface area (Å²) < 4.78 is 0. The molecule has 5 heteroatoms. The van der Waals surface area contributed by atoms with Gasteiger partial charge in [-0.05, 0) is 26.4 Å². The standard InChI is InChI=1S/C14H28N4O/c1-15-14(19)12-18-9-7-17(8-10-18)11-13-5-3-4-6-16(13)2/h13H,3-12H2,1-2H3,(H,15,19). The lowest BCUT2D eigenvalue weighted by atomic mass is 10.0. The van der Waals surface area contributed by atoms with Crippen LogP contribution in [0.4, 0.5) is 0 Å². The lowest BCUT2D eigenvalue weighted by Gasteiger charge is -2.40. The van der Waals surface area contributed by atoms with E-state index in [0.717, 1.165) is 32.2 Å². The molecule has 2 aliphatic heterocycles. The summed E-state index contributed by atoms with van der Waals surface area (Å²) in [7, 11) is 3.96. The first-order chi connectivity index (χ1) is 9.19. The Kier molecular flexibility index (Phi) is 5.60. The molecule has 1 atom stereocenters. The molecule has 0 aromatic heterocycles. The molecular weight excluding hydrogens is 240 g/mol. The molecule has 2 aliphatic rings. The minimum atomic E-state index is 0.125. The number of piperazine rings is 1. The van der Waals surface area contributed by atoms with Crippen LogP contribution in [0.5, 0.6) is 0 Å². The molecule has 2 saturated heterocycles. The van der Waals surface area contributed by atoms with Crippen molar-refractivity contribution in [3.63, 3.8) is 0 Å². The predicted octanol–water partition coefficient (Wildman–Crippen LogP) is -0.166. The van der Waals surface area contributed by atoms with Gasteiger partial charge in [-0.1, -0.05) is 6.42 Å². The van der Waals surface area contributed by atoms with E-state index in [2.05, 4.69) is 27.1 Å². The maximum absolute atomic E-state index is 11.3. The van der Waals surface area contributed by atoms with Gasteiger partial charge in [-0.25, -0.2) is 0 Å². The molecule has 0 aliphatic carbocycles. The summed E-state index contributed by atoms with van der Waals surface area (Å²) in [5.74, 6) is 0.125. The third kappa shape index (κ3) is 4.44. The van der Waals surface area contributed by atoms with E-state index >= 15 is 0 Å². The molecule has 2 fully saturated rings. The maximum Gasteiger partial charge on any atom is 0.233 e. The minimum absolute atomic E-state index is 0.125. The average Bonchev–Trinajstić information content (AvgIpc) is 2.43. The quantitative estimate of drug-likeness (QED) is 0.769. The van der Waals surface area contributed by atoms with Gasteiger partial charge in [-0.3, -0.25) is 14.6 Å². The fourth-order valence-corrected chi connectivity index (χ4v) is 3.08. The zero-order valence-electron chi connectivity index (χ0n) is 12.4. The smallest absolute Gasteiger partial charge is 0.233 e. The molecule has 0 radical (unpaired) electrons. The second-order valence-corrected chi connectivity index (χ2v) is 5.88. The Hall–Kier alpha value is -0.650. The van der Waals surface area contributed by atoms with E-state index in [1.807, 2.05) is 0 Å². The van der Waals surface area contributed by atoms with Crippen molar-refractivity contribution in [2.45, 2.75) is 25.3 Å². The predicted molar refractivity (Wildman–Crippen MR) is 77.2 cm³/mol. The number of hydrogen-bond acceptors (Lipinski definition) is 4. The van der Waals surface area contributed by atoms with Gasteiger partial charge in [-0.2, -0.15) is 0 Å². The van der Waals surface area contributed by atoms with Gasteiger partial charge in [0.05, 0.1) is 6.54 Å². The van der Waals surface area contributed by atoms with Crippen LogP contribution in [-0.2, 0) is 4.79 Å². The number of rotatable bonds is 4. The van der Waals surface area contributed by atoms with Crippen LogP contribution >= 0.6 is 0 Å². The van der Waals surface area contributed by atoms with E-state index in [-0.39, 0.29) is 5.91 Å². The number of likely N-dealkylation sites (N-methyl/N-ethyl adjacent to an activating group) is 2. The number of carbonyl (C=O) groups is 1. The lowest BCUT2D eigenvalue weighted by molar-refractivity contribution is -0.122. The summed E-state index contributed by atoms with van der Waals surface area (Å²) in [6.45, 7) is 7.23. The third-order valence-electron chi connectivity index (χ3n) is 4.50. The Morgan fingerprint density at radius 1 is 1.11 bits per heavy atom. The van der Waals surface area contributed by atoms with E-state index in [9.17, 15) is 4.79 Å². The molecule has 1 amide bonds. The molecule has 0 aromatic rings. The van der Waals surface area contributed by atoms with Crippen LogP contribution in [0.25, 0.3) is 0 Å². The highest BCUT2D eigenvalue weighted by molar-refractivity contribution is 5.77. The van der Waals surface area contributed by atoms with Crippen LogP contribution in [0.15, 0.2) is 0 Å². The van der Waals surface area contributed by atoms with Crippen molar-refractivity contribution in [1.82, 2.24) is 20.0 Å². The minimum Gasteiger partial charge on any atom is -0.358 e. The van der Waals surface area contributed by atoms with Gasteiger partial charge in [0.1, 0.15) is 0 Å². The summed E-state index contributed by atoms with van der Waals surface area (Å²) in [5.41, 5.74) is 0. The van der Waals surface area contributed by atoms with Crippen LogP contribution < -0.4 is 5.32 Å². The van der Waals surface area contributed by atoms with Crippen LogP contribution in [0.3, 0.4) is 0 Å². The highest BCUT2D eigenvalue weighted by Gasteiger charge is 2.24. The Bertz CT molecular complexity index is 289. The molecular formula is C14H28N4O. The van der Waals surface area contributed by atoms with Crippen molar-refractivity contribution in [3.05, 3.63) is 0 Å². The van der Waals surface area contributed by atoms with E-state index < -0.39 is 0 Å². The van der Waals surface area contributed by atoms with Crippen molar-refractivity contribution in [2.75, 3.05) is 59.9 Å². The van der Waals surface area contributed by atoms with Crippen molar-refractivity contribution < 1.29 is 4.79 Å². The Morgan fingerprint density at radius 2 is 1.79 bits per heavy atom. The molecule has 2 rings (SSSR count). The monoisotopic (exact) mass is 268 g/mol.